The van der Waals surface area contributed by atoms with Gasteiger partial charge in [-0.1, -0.05) is 23.9 Å². The van der Waals surface area contributed by atoms with E-state index in [1.807, 2.05) is 40.0 Å². The number of ether oxygens (including phenoxy) is 2. The standard InChI is InChI=1S/C25H32N6O4S/c1-7-12-30-22(32)18-15-26-23(36-6)28-21(18)31(30)19-9-8-10-20(27-19)34-17-11-13-29(16(2)14-17)24(33)35-25(3,4)5/h7-10,15-17H,1,11-14H2,2-6H3/t16-,17-/m1/s1. The molecule has 10 nitrogen and oxygen atoms in total. The Kier molecular flexibility index (Phi) is 7.39. The summed E-state index contributed by atoms with van der Waals surface area (Å²) in [4.78, 5) is 40.8. The first-order chi connectivity index (χ1) is 17.1. The average molecular weight is 513 g/mol. The maximum absolute atomic E-state index is 13.0. The molecule has 1 aliphatic rings. The fraction of sp³-hybridized carbons (Fsp3) is 0.480. The van der Waals surface area contributed by atoms with Gasteiger partial charge in [0, 0.05) is 37.7 Å². The van der Waals surface area contributed by atoms with E-state index in [9.17, 15) is 9.59 Å². The predicted octanol–water partition coefficient (Wildman–Crippen LogP) is 4.05. The van der Waals surface area contributed by atoms with Gasteiger partial charge in [0.15, 0.2) is 16.6 Å². The molecule has 36 heavy (non-hydrogen) atoms. The Hall–Kier alpha value is -3.34. The number of rotatable bonds is 6. The molecule has 3 aromatic heterocycles. The topological polar surface area (TPSA) is 104 Å². The van der Waals surface area contributed by atoms with Crippen molar-refractivity contribution in [2.45, 2.75) is 70.0 Å². The van der Waals surface area contributed by atoms with Gasteiger partial charge in [0.1, 0.15) is 17.1 Å². The minimum Gasteiger partial charge on any atom is -0.474 e. The van der Waals surface area contributed by atoms with Crippen LogP contribution >= 0.6 is 11.8 Å². The highest BCUT2D eigenvalue weighted by Crippen LogP contribution is 2.25. The molecule has 0 spiro atoms. The van der Waals surface area contributed by atoms with Crippen molar-refractivity contribution < 1.29 is 14.3 Å². The van der Waals surface area contributed by atoms with E-state index in [1.54, 1.807) is 34.0 Å². The number of amides is 1. The summed E-state index contributed by atoms with van der Waals surface area (Å²) in [5.41, 5.74) is -0.274. The molecule has 3 aromatic rings. The van der Waals surface area contributed by atoms with Crippen LogP contribution in [0.3, 0.4) is 0 Å². The summed E-state index contributed by atoms with van der Waals surface area (Å²) in [5, 5.41) is 0.969. The van der Waals surface area contributed by atoms with E-state index in [1.165, 1.54) is 16.4 Å². The number of hydrogen-bond acceptors (Lipinski definition) is 8. The second-order valence-electron chi connectivity index (χ2n) is 9.70. The van der Waals surface area contributed by atoms with Crippen molar-refractivity contribution >= 4 is 28.9 Å². The van der Waals surface area contributed by atoms with E-state index >= 15 is 0 Å². The molecular weight excluding hydrogens is 480 g/mol. The SMILES string of the molecule is C=CCn1c(=O)c2cnc(SC)nc2n1-c1cccc(O[C@@H]2CCN(C(=O)OC(C)(C)C)[C@H](C)C2)n1. The molecule has 0 aliphatic carbocycles. The second-order valence-corrected chi connectivity index (χ2v) is 10.5. The first kappa shape index (κ1) is 25.7. The van der Waals surface area contributed by atoms with Crippen LogP contribution in [0.1, 0.15) is 40.5 Å². The summed E-state index contributed by atoms with van der Waals surface area (Å²) in [7, 11) is 0. The van der Waals surface area contributed by atoms with Crippen molar-refractivity contribution in [3.05, 3.63) is 47.4 Å². The molecule has 0 radical (unpaired) electrons. The third kappa shape index (κ3) is 5.40. The highest BCUT2D eigenvalue weighted by Gasteiger charge is 2.33. The highest BCUT2D eigenvalue weighted by atomic mass is 32.2. The molecule has 2 atom stereocenters. The van der Waals surface area contributed by atoms with E-state index in [2.05, 4.69) is 16.5 Å². The lowest BCUT2D eigenvalue weighted by Gasteiger charge is -2.38. The number of thioether (sulfide) groups is 1. The third-order valence-electron chi connectivity index (χ3n) is 5.81. The number of aromatic nitrogens is 5. The molecule has 4 heterocycles. The Morgan fingerprint density at radius 2 is 2.08 bits per heavy atom. The third-order valence-corrected chi connectivity index (χ3v) is 6.37. The Morgan fingerprint density at radius 1 is 1.31 bits per heavy atom. The Morgan fingerprint density at radius 3 is 2.75 bits per heavy atom. The fourth-order valence-corrected chi connectivity index (χ4v) is 4.55. The predicted molar refractivity (Wildman–Crippen MR) is 139 cm³/mol. The van der Waals surface area contributed by atoms with Crippen molar-refractivity contribution in [3.63, 3.8) is 0 Å². The van der Waals surface area contributed by atoms with Crippen LogP contribution < -0.4 is 10.3 Å². The molecule has 0 bridgehead atoms. The summed E-state index contributed by atoms with van der Waals surface area (Å²) >= 11 is 1.40. The van der Waals surface area contributed by atoms with Gasteiger partial charge in [0.2, 0.25) is 5.88 Å². The van der Waals surface area contributed by atoms with E-state index in [4.69, 9.17) is 14.5 Å². The molecular formula is C25H32N6O4S. The van der Waals surface area contributed by atoms with Gasteiger partial charge in [0.05, 0.1) is 6.54 Å². The van der Waals surface area contributed by atoms with Gasteiger partial charge in [-0.05, 0) is 40.0 Å². The van der Waals surface area contributed by atoms with Crippen molar-refractivity contribution in [2.24, 2.45) is 0 Å². The second kappa shape index (κ2) is 10.3. The molecule has 1 saturated heterocycles. The van der Waals surface area contributed by atoms with Gasteiger partial charge in [-0.25, -0.2) is 24.1 Å². The van der Waals surface area contributed by atoms with Crippen LogP contribution in [-0.4, -0.2) is 65.9 Å². The maximum atomic E-state index is 13.0. The van der Waals surface area contributed by atoms with Crippen molar-refractivity contribution in [2.75, 3.05) is 12.8 Å². The molecule has 4 rings (SSSR count). The minimum atomic E-state index is -0.537. The van der Waals surface area contributed by atoms with Gasteiger partial charge in [-0.2, -0.15) is 4.98 Å². The molecule has 11 heteroatoms. The average Bonchev–Trinajstić information content (AvgIpc) is 3.09. The van der Waals surface area contributed by atoms with E-state index in [-0.39, 0.29) is 30.3 Å². The molecule has 0 unspecified atom stereocenters. The molecule has 0 aromatic carbocycles. The monoisotopic (exact) mass is 512 g/mol. The van der Waals surface area contributed by atoms with Crippen LogP contribution in [0.2, 0.25) is 0 Å². The molecule has 0 saturated carbocycles. The lowest BCUT2D eigenvalue weighted by atomic mass is 10.0. The Bertz CT molecular complexity index is 1330. The summed E-state index contributed by atoms with van der Waals surface area (Å²) in [6, 6.07) is 5.40. The zero-order valence-corrected chi connectivity index (χ0v) is 22.1. The van der Waals surface area contributed by atoms with Crippen LogP contribution in [0, 0.1) is 0 Å². The van der Waals surface area contributed by atoms with Crippen LogP contribution in [0.4, 0.5) is 4.79 Å². The van der Waals surface area contributed by atoms with Crippen LogP contribution in [-0.2, 0) is 11.3 Å². The number of carbonyl (C=O) groups is 1. The number of piperidine rings is 1. The molecule has 1 amide bonds. The van der Waals surface area contributed by atoms with Crippen molar-refractivity contribution in [1.82, 2.24) is 29.2 Å². The Balaban J connectivity index is 1.58. The zero-order valence-electron chi connectivity index (χ0n) is 21.3. The van der Waals surface area contributed by atoms with Crippen molar-refractivity contribution in [1.29, 1.82) is 0 Å². The summed E-state index contributed by atoms with van der Waals surface area (Å²) in [6.07, 6.45) is 5.98. The van der Waals surface area contributed by atoms with E-state index in [0.29, 0.717) is 47.3 Å². The largest absolute Gasteiger partial charge is 0.474 e. The number of fused-ring (bicyclic) bond motifs is 1. The van der Waals surface area contributed by atoms with E-state index < -0.39 is 5.60 Å². The zero-order chi connectivity index (χ0) is 26.0. The molecule has 1 fully saturated rings. The first-order valence-electron chi connectivity index (χ1n) is 11.9. The molecule has 1 aliphatic heterocycles. The number of carbonyl (C=O) groups excluding carboxylic acids is 1. The summed E-state index contributed by atoms with van der Waals surface area (Å²) < 4.78 is 15.0. The highest BCUT2D eigenvalue weighted by molar-refractivity contribution is 7.98. The van der Waals surface area contributed by atoms with Crippen LogP contribution in [0.25, 0.3) is 16.9 Å². The number of likely N-dealkylation sites (tertiary alicyclic amines) is 1. The number of nitrogens with zero attached hydrogens (tertiary/aromatic N) is 6. The molecule has 192 valence electrons. The van der Waals surface area contributed by atoms with Crippen molar-refractivity contribution in [3.8, 4) is 11.7 Å². The first-order valence-corrected chi connectivity index (χ1v) is 13.1. The minimum absolute atomic E-state index is 0.0328. The lowest BCUT2D eigenvalue weighted by Crippen LogP contribution is -2.49. The number of pyridine rings is 1. The van der Waals surface area contributed by atoms with Gasteiger partial charge in [-0.3, -0.25) is 4.79 Å². The number of allylic oxidation sites excluding steroid dienone is 1. The lowest BCUT2D eigenvalue weighted by molar-refractivity contribution is -0.00150. The van der Waals surface area contributed by atoms with Crippen LogP contribution in [0.15, 0.2) is 47.0 Å². The quantitative estimate of drug-likeness (QED) is 0.277. The summed E-state index contributed by atoms with van der Waals surface area (Å²) in [5.74, 6) is 0.945. The molecule has 0 N–H and O–H groups in total. The smallest absolute Gasteiger partial charge is 0.410 e. The Labute approximate surface area is 214 Å². The fourth-order valence-electron chi connectivity index (χ4n) is 4.22. The number of hydrogen-bond donors (Lipinski definition) is 0. The van der Waals surface area contributed by atoms with Gasteiger partial charge < -0.3 is 14.4 Å². The van der Waals surface area contributed by atoms with Gasteiger partial charge in [-0.15, -0.1) is 6.58 Å². The normalized spacial score (nSPS) is 18.3. The van der Waals surface area contributed by atoms with Gasteiger partial charge in [0.25, 0.3) is 5.56 Å². The van der Waals surface area contributed by atoms with E-state index in [0.717, 1.165) is 0 Å². The summed E-state index contributed by atoms with van der Waals surface area (Å²) in [6.45, 7) is 12.2. The van der Waals surface area contributed by atoms with Crippen LogP contribution in [0.5, 0.6) is 5.88 Å². The maximum Gasteiger partial charge on any atom is 0.410 e. The van der Waals surface area contributed by atoms with Gasteiger partial charge >= 0.3 is 6.09 Å².